The van der Waals surface area contributed by atoms with Gasteiger partial charge in [0.05, 0.1) is 18.7 Å². The Morgan fingerprint density at radius 2 is 2.04 bits per heavy atom. The molecule has 1 saturated heterocycles. The lowest BCUT2D eigenvalue weighted by Crippen LogP contribution is -2.43. The Balaban J connectivity index is 1.45. The van der Waals surface area contributed by atoms with Crippen LogP contribution < -0.4 is 15.4 Å². The van der Waals surface area contributed by atoms with E-state index < -0.39 is 0 Å². The monoisotopic (exact) mass is 331 g/mol. The molecule has 1 atom stereocenters. The third kappa shape index (κ3) is 4.26. The summed E-state index contributed by atoms with van der Waals surface area (Å²) in [6.07, 6.45) is 3.56. The van der Waals surface area contributed by atoms with Crippen LogP contribution in [0.5, 0.6) is 5.75 Å². The number of ether oxygens (including phenoxy) is 1. The molecule has 1 aliphatic carbocycles. The van der Waals surface area contributed by atoms with E-state index in [1.165, 1.54) is 12.8 Å². The first-order chi connectivity index (χ1) is 11.7. The number of hydrogen-bond acceptors (Lipinski definition) is 4. The topological polar surface area (TPSA) is 70.7 Å². The Hall–Kier alpha value is -2.08. The van der Waals surface area contributed by atoms with Crippen molar-refractivity contribution in [3.8, 4) is 5.75 Å². The van der Waals surface area contributed by atoms with E-state index in [0.717, 1.165) is 25.6 Å². The number of nitrogens with zero attached hydrogens (tertiary/aromatic N) is 1. The number of nitrogens with one attached hydrogen (secondary N) is 2. The average Bonchev–Trinajstić information content (AvgIpc) is 3.33. The fourth-order valence-corrected chi connectivity index (χ4v) is 3.15. The molecule has 1 heterocycles. The lowest BCUT2D eigenvalue weighted by molar-refractivity contribution is -0.120. The second-order valence-electron chi connectivity index (χ2n) is 6.39. The molecule has 0 aromatic heterocycles. The van der Waals surface area contributed by atoms with Gasteiger partial charge in [-0.2, -0.15) is 0 Å². The van der Waals surface area contributed by atoms with Crippen molar-refractivity contribution in [3.63, 3.8) is 0 Å². The van der Waals surface area contributed by atoms with Gasteiger partial charge in [-0.15, -0.1) is 0 Å². The smallest absolute Gasteiger partial charge is 0.255 e. The van der Waals surface area contributed by atoms with Gasteiger partial charge in [-0.3, -0.25) is 14.5 Å². The van der Waals surface area contributed by atoms with E-state index in [1.807, 2.05) is 13.0 Å². The number of carbonyl (C=O) groups excluding carboxylic acids is 2. The van der Waals surface area contributed by atoms with Crippen LogP contribution in [0.1, 0.15) is 36.5 Å². The Labute approximate surface area is 142 Å². The van der Waals surface area contributed by atoms with Gasteiger partial charge in [0.25, 0.3) is 5.91 Å². The summed E-state index contributed by atoms with van der Waals surface area (Å²) < 4.78 is 5.45. The predicted octanol–water partition coefficient (Wildman–Crippen LogP) is 1.17. The molecule has 24 heavy (non-hydrogen) atoms. The highest BCUT2D eigenvalue weighted by atomic mass is 16.5. The van der Waals surface area contributed by atoms with E-state index in [4.69, 9.17) is 4.74 Å². The lowest BCUT2D eigenvalue weighted by atomic mass is 10.2. The van der Waals surface area contributed by atoms with Gasteiger partial charge in [0, 0.05) is 25.2 Å². The van der Waals surface area contributed by atoms with Gasteiger partial charge in [-0.25, -0.2) is 0 Å². The van der Waals surface area contributed by atoms with Crippen LogP contribution in [0, 0.1) is 0 Å². The molecule has 3 rings (SSSR count). The van der Waals surface area contributed by atoms with E-state index in [2.05, 4.69) is 15.5 Å². The molecular formula is C18H25N3O3. The van der Waals surface area contributed by atoms with E-state index in [9.17, 15) is 9.59 Å². The van der Waals surface area contributed by atoms with Gasteiger partial charge in [-0.05, 0) is 38.3 Å². The van der Waals surface area contributed by atoms with Crippen molar-refractivity contribution in [2.75, 3.05) is 26.2 Å². The molecule has 2 N–H and O–H groups in total. The van der Waals surface area contributed by atoms with Crippen molar-refractivity contribution in [3.05, 3.63) is 29.8 Å². The van der Waals surface area contributed by atoms with Crippen LogP contribution >= 0.6 is 0 Å². The highest BCUT2D eigenvalue weighted by molar-refractivity contribution is 5.98. The lowest BCUT2D eigenvalue weighted by Gasteiger charge is -2.16. The summed E-state index contributed by atoms with van der Waals surface area (Å²) in [5.74, 6) is 0.105. The van der Waals surface area contributed by atoms with Gasteiger partial charge >= 0.3 is 0 Å². The van der Waals surface area contributed by atoms with Crippen LogP contribution in [0.4, 0.5) is 0 Å². The van der Waals surface area contributed by atoms with Crippen molar-refractivity contribution in [2.45, 2.75) is 38.3 Å². The number of amides is 2. The summed E-state index contributed by atoms with van der Waals surface area (Å²) in [4.78, 5) is 26.8. The first-order valence-electron chi connectivity index (χ1n) is 8.70. The summed E-state index contributed by atoms with van der Waals surface area (Å²) in [6, 6.07) is 7.99. The fraction of sp³-hybridized carbons (Fsp3) is 0.556. The summed E-state index contributed by atoms with van der Waals surface area (Å²) >= 11 is 0. The van der Waals surface area contributed by atoms with Crippen LogP contribution in [-0.4, -0.2) is 55.0 Å². The molecule has 1 saturated carbocycles. The molecule has 1 aromatic carbocycles. The minimum Gasteiger partial charge on any atom is -0.493 e. The molecule has 0 radical (unpaired) electrons. The number of para-hydroxylation sites is 1. The van der Waals surface area contributed by atoms with Gasteiger partial charge in [0.15, 0.2) is 0 Å². The zero-order chi connectivity index (χ0) is 16.9. The van der Waals surface area contributed by atoms with Crippen molar-refractivity contribution in [1.29, 1.82) is 0 Å². The Morgan fingerprint density at radius 1 is 1.25 bits per heavy atom. The van der Waals surface area contributed by atoms with Crippen molar-refractivity contribution in [2.24, 2.45) is 0 Å². The number of carbonyl (C=O) groups is 2. The Bertz CT molecular complexity index is 601. The molecule has 130 valence electrons. The fourth-order valence-electron chi connectivity index (χ4n) is 3.15. The normalized spacial score (nSPS) is 20.6. The van der Waals surface area contributed by atoms with E-state index >= 15 is 0 Å². The maximum atomic E-state index is 12.3. The summed E-state index contributed by atoms with van der Waals surface area (Å²) in [5, 5.41) is 5.68. The third-order valence-corrected chi connectivity index (χ3v) is 4.49. The van der Waals surface area contributed by atoms with Crippen molar-refractivity contribution < 1.29 is 14.3 Å². The SMILES string of the molecule is CCOc1ccccc1C(=O)NCC(=O)N[C@H]1CCN(C2CC2)C1. The molecule has 0 bridgehead atoms. The van der Waals surface area contributed by atoms with Gasteiger partial charge < -0.3 is 15.4 Å². The van der Waals surface area contributed by atoms with Crippen LogP contribution in [0.3, 0.4) is 0 Å². The maximum Gasteiger partial charge on any atom is 0.255 e. The highest BCUT2D eigenvalue weighted by Crippen LogP contribution is 2.29. The van der Waals surface area contributed by atoms with E-state index in [-0.39, 0.29) is 24.4 Å². The molecule has 0 spiro atoms. The second-order valence-corrected chi connectivity index (χ2v) is 6.39. The second kappa shape index (κ2) is 7.66. The Kier molecular flexibility index (Phi) is 5.35. The molecule has 2 aliphatic rings. The predicted molar refractivity (Wildman–Crippen MR) is 91.1 cm³/mol. The first-order valence-corrected chi connectivity index (χ1v) is 8.70. The van der Waals surface area contributed by atoms with Crippen molar-refractivity contribution >= 4 is 11.8 Å². The largest absolute Gasteiger partial charge is 0.493 e. The van der Waals surface area contributed by atoms with Crippen molar-refractivity contribution in [1.82, 2.24) is 15.5 Å². The number of hydrogen-bond donors (Lipinski definition) is 2. The molecule has 1 aliphatic heterocycles. The average molecular weight is 331 g/mol. The molecule has 2 amide bonds. The molecular weight excluding hydrogens is 306 g/mol. The number of likely N-dealkylation sites (tertiary alicyclic amines) is 1. The summed E-state index contributed by atoms with van der Waals surface area (Å²) in [7, 11) is 0. The first kappa shape index (κ1) is 16.8. The van der Waals surface area contributed by atoms with Gasteiger partial charge in [-0.1, -0.05) is 12.1 Å². The number of benzene rings is 1. The van der Waals surface area contributed by atoms with Crippen LogP contribution in [0.2, 0.25) is 0 Å². The summed E-state index contributed by atoms with van der Waals surface area (Å²) in [6.45, 7) is 4.33. The minimum absolute atomic E-state index is 0.0147. The molecule has 6 nitrogen and oxygen atoms in total. The summed E-state index contributed by atoms with van der Waals surface area (Å²) in [5.41, 5.74) is 0.452. The molecule has 2 fully saturated rings. The third-order valence-electron chi connectivity index (χ3n) is 4.49. The van der Waals surface area contributed by atoms with Crippen LogP contribution in [-0.2, 0) is 4.79 Å². The quantitative estimate of drug-likeness (QED) is 0.787. The van der Waals surface area contributed by atoms with Crippen LogP contribution in [0.15, 0.2) is 24.3 Å². The van der Waals surface area contributed by atoms with Gasteiger partial charge in [0.1, 0.15) is 5.75 Å². The van der Waals surface area contributed by atoms with E-state index in [1.54, 1.807) is 18.2 Å². The van der Waals surface area contributed by atoms with E-state index in [0.29, 0.717) is 17.9 Å². The Morgan fingerprint density at radius 3 is 2.79 bits per heavy atom. The molecule has 1 aromatic rings. The zero-order valence-corrected chi connectivity index (χ0v) is 14.1. The zero-order valence-electron chi connectivity index (χ0n) is 14.1. The standard InChI is InChI=1S/C18H25N3O3/c1-2-24-16-6-4-3-5-15(16)18(23)19-11-17(22)20-13-9-10-21(12-13)14-7-8-14/h3-6,13-14H,2,7-12H2,1H3,(H,19,23)(H,20,22)/t13-/m0/s1. The van der Waals surface area contributed by atoms with Gasteiger partial charge in [0.2, 0.25) is 5.91 Å². The maximum absolute atomic E-state index is 12.3. The molecule has 6 heteroatoms. The minimum atomic E-state index is -0.291. The van der Waals surface area contributed by atoms with Crippen LogP contribution in [0.25, 0.3) is 0 Å². The highest BCUT2D eigenvalue weighted by Gasteiger charge is 2.34. The number of rotatable bonds is 7. The molecule has 0 unspecified atom stereocenters.